The SMILES string of the molecule is COC(=O)C1(C(=O)O)CC(OC(C)=O)C1. The molecule has 0 heterocycles. The van der Waals surface area contributed by atoms with Gasteiger partial charge in [0.25, 0.3) is 0 Å². The van der Waals surface area contributed by atoms with Crippen molar-refractivity contribution in [3.63, 3.8) is 0 Å². The highest BCUT2D eigenvalue weighted by Gasteiger charge is 2.58. The van der Waals surface area contributed by atoms with Gasteiger partial charge in [-0.15, -0.1) is 0 Å². The molecule has 6 heteroatoms. The van der Waals surface area contributed by atoms with Crippen LogP contribution >= 0.6 is 0 Å². The molecule has 0 saturated heterocycles. The van der Waals surface area contributed by atoms with Crippen LogP contribution in [0.4, 0.5) is 0 Å². The first-order chi connectivity index (χ1) is 6.92. The molecule has 0 bridgehead atoms. The zero-order valence-electron chi connectivity index (χ0n) is 8.48. The van der Waals surface area contributed by atoms with Gasteiger partial charge >= 0.3 is 17.9 Å². The van der Waals surface area contributed by atoms with Crippen molar-refractivity contribution in [1.82, 2.24) is 0 Å². The highest BCUT2D eigenvalue weighted by atomic mass is 16.5. The first kappa shape index (κ1) is 11.5. The van der Waals surface area contributed by atoms with Gasteiger partial charge < -0.3 is 14.6 Å². The molecule has 0 aromatic rings. The van der Waals surface area contributed by atoms with Crippen molar-refractivity contribution < 1.29 is 29.0 Å². The highest BCUT2D eigenvalue weighted by Crippen LogP contribution is 2.44. The van der Waals surface area contributed by atoms with Crippen LogP contribution in [0, 0.1) is 5.41 Å². The number of ether oxygens (including phenoxy) is 2. The first-order valence-electron chi connectivity index (χ1n) is 4.41. The van der Waals surface area contributed by atoms with E-state index in [9.17, 15) is 14.4 Å². The van der Waals surface area contributed by atoms with Crippen molar-refractivity contribution in [2.45, 2.75) is 25.9 Å². The zero-order chi connectivity index (χ0) is 11.6. The summed E-state index contributed by atoms with van der Waals surface area (Å²) in [5.74, 6) is -2.51. The number of carbonyl (C=O) groups is 3. The topological polar surface area (TPSA) is 89.9 Å². The third-order valence-electron chi connectivity index (χ3n) is 2.47. The van der Waals surface area contributed by atoms with E-state index in [-0.39, 0.29) is 12.8 Å². The van der Waals surface area contributed by atoms with Gasteiger partial charge in [0.05, 0.1) is 7.11 Å². The average Bonchev–Trinajstić information content (AvgIpc) is 2.08. The van der Waals surface area contributed by atoms with E-state index in [2.05, 4.69) is 4.74 Å². The van der Waals surface area contributed by atoms with Crippen LogP contribution in [0.15, 0.2) is 0 Å². The fourth-order valence-electron chi connectivity index (χ4n) is 1.66. The fraction of sp³-hybridized carbons (Fsp3) is 0.667. The lowest BCUT2D eigenvalue weighted by atomic mass is 9.66. The van der Waals surface area contributed by atoms with Gasteiger partial charge in [0.15, 0.2) is 5.41 Å². The molecule has 0 unspecified atom stereocenters. The smallest absolute Gasteiger partial charge is 0.323 e. The van der Waals surface area contributed by atoms with Crippen molar-refractivity contribution in [3.05, 3.63) is 0 Å². The van der Waals surface area contributed by atoms with Crippen LogP contribution in [0.2, 0.25) is 0 Å². The van der Waals surface area contributed by atoms with Crippen LogP contribution in [0.3, 0.4) is 0 Å². The van der Waals surface area contributed by atoms with Crippen molar-refractivity contribution in [1.29, 1.82) is 0 Å². The molecular formula is C9H12O6. The van der Waals surface area contributed by atoms with Gasteiger partial charge in [-0.2, -0.15) is 0 Å². The van der Waals surface area contributed by atoms with Crippen LogP contribution in [0.5, 0.6) is 0 Å². The molecule has 1 aliphatic rings. The Morgan fingerprint density at radius 1 is 1.33 bits per heavy atom. The Morgan fingerprint density at radius 2 is 1.87 bits per heavy atom. The zero-order valence-corrected chi connectivity index (χ0v) is 8.48. The summed E-state index contributed by atoms with van der Waals surface area (Å²) in [6, 6.07) is 0. The Bertz CT molecular complexity index is 302. The Kier molecular flexibility index (Phi) is 2.97. The van der Waals surface area contributed by atoms with Gasteiger partial charge in [-0.05, 0) is 0 Å². The number of methoxy groups -OCH3 is 1. The largest absolute Gasteiger partial charge is 0.480 e. The van der Waals surface area contributed by atoms with Crippen LogP contribution in [0.25, 0.3) is 0 Å². The highest BCUT2D eigenvalue weighted by molar-refractivity contribution is 6.00. The number of carboxylic acid groups (broad SMARTS) is 1. The normalized spacial score (nSPS) is 28.8. The Morgan fingerprint density at radius 3 is 2.20 bits per heavy atom. The second-order valence-electron chi connectivity index (χ2n) is 3.52. The van der Waals surface area contributed by atoms with E-state index in [1.807, 2.05) is 0 Å². The summed E-state index contributed by atoms with van der Waals surface area (Å²) in [6.45, 7) is 1.24. The van der Waals surface area contributed by atoms with Crippen LogP contribution in [-0.2, 0) is 23.9 Å². The molecule has 0 aromatic carbocycles. The lowest BCUT2D eigenvalue weighted by Gasteiger charge is -2.40. The number of hydrogen-bond acceptors (Lipinski definition) is 5. The van der Waals surface area contributed by atoms with Gasteiger partial charge in [-0.25, -0.2) is 0 Å². The monoisotopic (exact) mass is 216 g/mol. The molecule has 1 saturated carbocycles. The molecule has 0 amide bonds. The summed E-state index contributed by atoms with van der Waals surface area (Å²) in [7, 11) is 1.13. The summed E-state index contributed by atoms with van der Waals surface area (Å²) in [6.07, 6.45) is -0.541. The molecule has 1 fully saturated rings. The number of carbonyl (C=O) groups excluding carboxylic acids is 2. The molecule has 84 valence electrons. The molecule has 1 aliphatic carbocycles. The van der Waals surface area contributed by atoms with Crippen molar-refractivity contribution in [2.24, 2.45) is 5.41 Å². The molecule has 1 N–H and O–H groups in total. The third-order valence-corrected chi connectivity index (χ3v) is 2.47. The standard InChI is InChI=1S/C9H12O6/c1-5(10)15-6-3-9(4-6,7(11)12)8(13)14-2/h6H,3-4H2,1-2H3,(H,11,12). The van der Waals surface area contributed by atoms with E-state index in [4.69, 9.17) is 9.84 Å². The molecular weight excluding hydrogens is 204 g/mol. The summed E-state index contributed by atoms with van der Waals surface area (Å²) in [4.78, 5) is 32.7. The van der Waals surface area contributed by atoms with E-state index < -0.39 is 29.4 Å². The van der Waals surface area contributed by atoms with Gasteiger partial charge in [-0.3, -0.25) is 14.4 Å². The summed E-state index contributed by atoms with van der Waals surface area (Å²) >= 11 is 0. The maximum absolute atomic E-state index is 11.2. The summed E-state index contributed by atoms with van der Waals surface area (Å²) in [5.41, 5.74) is -1.53. The lowest BCUT2D eigenvalue weighted by Crippen LogP contribution is -2.54. The molecule has 15 heavy (non-hydrogen) atoms. The van der Waals surface area contributed by atoms with E-state index >= 15 is 0 Å². The van der Waals surface area contributed by atoms with Gasteiger partial charge in [0, 0.05) is 19.8 Å². The summed E-state index contributed by atoms with van der Waals surface area (Å²) < 4.78 is 9.19. The molecule has 0 atom stereocenters. The second-order valence-corrected chi connectivity index (χ2v) is 3.52. The van der Waals surface area contributed by atoms with Crippen LogP contribution in [0.1, 0.15) is 19.8 Å². The van der Waals surface area contributed by atoms with Gasteiger partial charge in [0.1, 0.15) is 6.10 Å². The van der Waals surface area contributed by atoms with Gasteiger partial charge in [0.2, 0.25) is 0 Å². The molecule has 0 aromatic heterocycles. The quantitative estimate of drug-likeness (QED) is 0.525. The first-order valence-corrected chi connectivity index (χ1v) is 4.41. The predicted molar refractivity (Wildman–Crippen MR) is 46.9 cm³/mol. The maximum Gasteiger partial charge on any atom is 0.323 e. The van der Waals surface area contributed by atoms with Crippen molar-refractivity contribution in [2.75, 3.05) is 7.11 Å². The van der Waals surface area contributed by atoms with E-state index in [0.29, 0.717) is 0 Å². The lowest BCUT2D eigenvalue weighted by molar-refractivity contribution is -0.189. The Hall–Kier alpha value is -1.59. The van der Waals surface area contributed by atoms with E-state index in [0.717, 1.165) is 7.11 Å². The van der Waals surface area contributed by atoms with E-state index in [1.165, 1.54) is 6.92 Å². The minimum absolute atomic E-state index is 0.0193. The summed E-state index contributed by atoms with van der Waals surface area (Å²) in [5, 5.41) is 8.90. The van der Waals surface area contributed by atoms with Crippen LogP contribution < -0.4 is 0 Å². The number of esters is 2. The minimum Gasteiger partial charge on any atom is -0.480 e. The molecule has 0 radical (unpaired) electrons. The fourth-order valence-corrected chi connectivity index (χ4v) is 1.66. The molecule has 1 rings (SSSR count). The van der Waals surface area contributed by atoms with E-state index in [1.54, 1.807) is 0 Å². The number of rotatable bonds is 3. The second kappa shape index (κ2) is 3.88. The maximum atomic E-state index is 11.2. The molecule has 6 nitrogen and oxygen atoms in total. The Balaban J connectivity index is 2.65. The third kappa shape index (κ3) is 1.93. The van der Waals surface area contributed by atoms with Crippen molar-refractivity contribution >= 4 is 17.9 Å². The number of carboxylic acids is 1. The van der Waals surface area contributed by atoms with Crippen LogP contribution in [-0.4, -0.2) is 36.2 Å². The van der Waals surface area contributed by atoms with Gasteiger partial charge in [-0.1, -0.05) is 0 Å². The molecule has 0 aliphatic heterocycles. The molecule has 0 spiro atoms. The average molecular weight is 216 g/mol. The van der Waals surface area contributed by atoms with Crippen molar-refractivity contribution in [3.8, 4) is 0 Å². The Labute approximate surface area is 86.2 Å². The minimum atomic E-state index is -1.53. The number of hydrogen-bond donors (Lipinski definition) is 1. The predicted octanol–water partition coefficient (Wildman–Crippen LogP) is -0.0441. The number of aliphatic carboxylic acids is 1.